The zero-order valence-corrected chi connectivity index (χ0v) is 19.9. The lowest BCUT2D eigenvalue weighted by atomic mass is 9.74. The maximum Gasteiger partial charge on any atom is 0.289 e. The van der Waals surface area contributed by atoms with Crippen LogP contribution in [0.2, 0.25) is 5.02 Å². The molecule has 2 aromatic rings. The Bertz CT molecular complexity index is 1050. The van der Waals surface area contributed by atoms with Crippen molar-refractivity contribution in [3.63, 3.8) is 0 Å². The summed E-state index contributed by atoms with van der Waals surface area (Å²) in [4.78, 5) is 17.5. The Kier molecular flexibility index (Phi) is 5.62. The van der Waals surface area contributed by atoms with Crippen molar-refractivity contribution in [2.75, 3.05) is 39.0 Å². The Morgan fingerprint density at radius 1 is 1.25 bits per heavy atom. The standard InChI is InChI=1S/C25H33ClN4O2/c1-16-27-22-19(26)13-18-14-20(24(31)30-11-7-17(8-12-30)15-29(2)3)32-23(18)21(22)25(28-16)9-5-4-6-10-25/h13-14,17,27-28H,1,4-12,15H2,2-3H3. The van der Waals surface area contributed by atoms with Gasteiger partial charge in [-0.15, -0.1) is 0 Å². The van der Waals surface area contributed by atoms with Crippen LogP contribution in [0, 0.1) is 5.92 Å². The van der Waals surface area contributed by atoms with Crippen molar-refractivity contribution in [1.29, 1.82) is 0 Å². The molecular weight excluding hydrogens is 424 g/mol. The van der Waals surface area contributed by atoms with E-state index in [0.717, 1.165) is 86.2 Å². The lowest BCUT2D eigenvalue weighted by Crippen LogP contribution is -2.48. The summed E-state index contributed by atoms with van der Waals surface area (Å²) < 4.78 is 6.32. The van der Waals surface area contributed by atoms with Crippen LogP contribution in [-0.4, -0.2) is 49.4 Å². The smallest absolute Gasteiger partial charge is 0.289 e. The molecule has 2 aliphatic heterocycles. The van der Waals surface area contributed by atoms with E-state index in [4.69, 9.17) is 16.0 Å². The zero-order valence-electron chi connectivity index (χ0n) is 19.1. The van der Waals surface area contributed by atoms with Gasteiger partial charge in [0.1, 0.15) is 5.58 Å². The number of hydrogen-bond donors (Lipinski definition) is 2. The van der Waals surface area contributed by atoms with Crippen LogP contribution < -0.4 is 10.6 Å². The molecule has 2 fully saturated rings. The molecule has 1 aliphatic carbocycles. The fourth-order valence-electron chi connectivity index (χ4n) is 5.89. The highest BCUT2D eigenvalue weighted by Gasteiger charge is 2.42. The number of hydrogen-bond acceptors (Lipinski definition) is 5. The molecule has 172 valence electrons. The van der Waals surface area contributed by atoms with E-state index in [0.29, 0.717) is 16.7 Å². The second-order valence-electron chi connectivity index (χ2n) is 10.0. The SMILES string of the molecule is C=C1Nc2c(Cl)cc3cc(C(=O)N4CCC(CN(C)C)CC4)oc3c2C2(CCCCC2)N1. The third-order valence-electron chi connectivity index (χ3n) is 7.35. The van der Waals surface area contributed by atoms with Gasteiger partial charge in [0, 0.05) is 30.6 Å². The highest BCUT2D eigenvalue weighted by Crippen LogP contribution is 2.49. The summed E-state index contributed by atoms with van der Waals surface area (Å²) in [6.07, 6.45) is 7.58. The third-order valence-corrected chi connectivity index (χ3v) is 7.64. The lowest BCUT2D eigenvalue weighted by Gasteiger charge is -2.44. The van der Waals surface area contributed by atoms with Gasteiger partial charge in [0.2, 0.25) is 0 Å². The fourth-order valence-corrected chi connectivity index (χ4v) is 6.15. The molecule has 0 unspecified atom stereocenters. The highest BCUT2D eigenvalue weighted by molar-refractivity contribution is 6.34. The second-order valence-corrected chi connectivity index (χ2v) is 10.4. The van der Waals surface area contributed by atoms with Crippen LogP contribution >= 0.6 is 11.6 Å². The average molecular weight is 457 g/mol. The number of benzene rings is 1. The van der Waals surface area contributed by atoms with Gasteiger partial charge in [0.05, 0.1) is 22.1 Å². The number of nitrogens with zero attached hydrogens (tertiary/aromatic N) is 2. The number of halogens is 1. The Balaban J connectivity index is 1.48. The first-order valence-corrected chi connectivity index (χ1v) is 12.2. The van der Waals surface area contributed by atoms with E-state index in [2.05, 4.69) is 36.2 Å². The normalized spacial score (nSPS) is 21.0. The zero-order chi connectivity index (χ0) is 22.5. The minimum Gasteiger partial charge on any atom is -0.450 e. The minimum atomic E-state index is -0.248. The number of piperidine rings is 1. The van der Waals surface area contributed by atoms with Crippen molar-refractivity contribution in [3.05, 3.63) is 40.9 Å². The van der Waals surface area contributed by atoms with Crippen LogP contribution in [0.1, 0.15) is 61.1 Å². The summed E-state index contributed by atoms with van der Waals surface area (Å²) in [6.45, 7) is 6.76. The number of carbonyl (C=O) groups excluding carboxylic acids is 1. The van der Waals surface area contributed by atoms with Crippen molar-refractivity contribution in [2.24, 2.45) is 5.92 Å². The number of nitrogens with one attached hydrogen (secondary N) is 2. The summed E-state index contributed by atoms with van der Waals surface area (Å²) in [5, 5.41) is 8.46. The first kappa shape index (κ1) is 21.7. The number of furan rings is 1. The first-order chi connectivity index (χ1) is 15.4. The highest BCUT2D eigenvalue weighted by atomic mass is 35.5. The lowest BCUT2D eigenvalue weighted by molar-refractivity contribution is 0.0648. The minimum absolute atomic E-state index is 0.0202. The topological polar surface area (TPSA) is 60.8 Å². The molecule has 3 heterocycles. The van der Waals surface area contributed by atoms with Crippen LogP contribution in [0.5, 0.6) is 0 Å². The predicted octanol–water partition coefficient (Wildman–Crippen LogP) is 5.15. The van der Waals surface area contributed by atoms with Crippen LogP contribution in [-0.2, 0) is 5.54 Å². The summed E-state index contributed by atoms with van der Waals surface area (Å²) in [5.41, 5.74) is 2.44. The van der Waals surface area contributed by atoms with Gasteiger partial charge in [-0.25, -0.2) is 0 Å². The molecule has 7 heteroatoms. The molecule has 1 aromatic carbocycles. The Morgan fingerprint density at radius 3 is 2.66 bits per heavy atom. The van der Waals surface area contributed by atoms with Crippen molar-refractivity contribution in [1.82, 2.24) is 15.1 Å². The molecule has 1 saturated carbocycles. The predicted molar refractivity (Wildman–Crippen MR) is 129 cm³/mol. The number of rotatable bonds is 3. The van der Waals surface area contributed by atoms with Gasteiger partial charge in [-0.1, -0.05) is 37.4 Å². The summed E-state index contributed by atoms with van der Waals surface area (Å²) in [5.74, 6) is 1.80. The Hall–Kier alpha value is -2.18. The van der Waals surface area contributed by atoms with Gasteiger partial charge in [-0.2, -0.15) is 0 Å². The van der Waals surface area contributed by atoms with Crippen molar-refractivity contribution >= 4 is 34.2 Å². The third kappa shape index (κ3) is 3.77. The largest absolute Gasteiger partial charge is 0.450 e. The molecule has 0 bridgehead atoms. The summed E-state index contributed by atoms with van der Waals surface area (Å²) >= 11 is 6.71. The fraction of sp³-hybridized carbons (Fsp3) is 0.560. The van der Waals surface area contributed by atoms with E-state index >= 15 is 0 Å². The molecule has 6 nitrogen and oxygen atoms in total. The Morgan fingerprint density at radius 2 is 1.97 bits per heavy atom. The van der Waals surface area contributed by atoms with E-state index < -0.39 is 0 Å². The van der Waals surface area contributed by atoms with Crippen LogP contribution in [0.25, 0.3) is 11.0 Å². The van der Waals surface area contributed by atoms with Gasteiger partial charge in [-0.05, 0) is 57.8 Å². The number of likely N-dealkylation sites (tertiary alicyclic amines) is 1. The first-order valence-electron chi connectivity index (χ1n) is 11.8. The Labute approximate surface area is 194 Å². The molecule has 1 aromatic heterocycles. The van der Waals surface area contributed by atoms with Crippen molar-refractivity contribution < 1.29 is 9.21 Å². The molecule has 2 N–H and O–H groups in total. The molecule has 1 saturated heterocycles. The quantitative estimate of drug-likeness (QED) is 0.669. The van der Waals surface area contributed by atoms with E-state index in [1.165, 1.54) is 6.42 Å². The summed E-state index contributed by atoms with van der Waals surface area (Å²) in [7, 11) is 4.21. The van der Waals surface area contributed by atoms with Crippen LogP contribution in [0.4, 0.5) is 5.69 Å². The number of anilines is 1. The number of fused-ring (bicyclic) bond motifs is 4. The average Bonchev–Trinajstić information content (AvgIpc) is 3.17. The molecule has 1 spiro atoms. The van der Waals surface area contributed by atoms with Gasteiger partial charge in [0.15, 0.2) is 5.76 Å². The second kappa shape index (κ2) is 8.31. The van der Waals surface area contributed by atoms with Crippen molar-refractivity contribution in [2.45, 2.75) is 50.5 Å². The van der Waals surface area contributed by atoms with Crippen LogP contribution in [0.15, 0.2) is 28.9 Å². The number of amides is 1. The van der Waals surface area contributed by atoms with Gasteiger partial charge in [-0.3, -0.25) is 4.79 Å². The van der Waals surface area contributed by atoms with Crippen molar-refractivity contribution in [3.8, 4) is 0 Å². The maximum absolute atomic E-state index is 13.3. The van der Waals surface area contributed by atoms with E-state index in [-0.39, 0.29) is 11.4 Å². The molecule has 0 atom stereocenters. The van der Waals surface area contributed by atoms with E-state index in [1.54, 1.807) is 0 Å². The maximum atomic E-state index is 13.3. The van der Waals surface area contributed by atoms with E-state index in [9.17, 15) is 4.79 Å². The van der Waals surface area contributed by atoms with E-state index in [1.807, 2.05) is 17.0 Å². The van der Waals surface area contributed by atoms with Crippen LogP contribution in [0.3, 0.4) is 0 Å². The summed E-state index contributed by atoms with van der Waals surface area (Å²) in [6, 6.07) is 3.77. The molecule has 3 aliphatic rings. The molecule has 0 radical (unpaired) electrons. The molecular formula is C25H33ClN4O2. The monoisotopic (exact) mass is 456 g/mol. The molecule has 32 heavy (non-hydrogen) atoms. The van der Waals surface area contributed by atoms with Gasteiger partial charge < -0.3 is 24.9 Å². The molecule has 1 amide bonds. The van der Waals surface area contributed by atoms with Gasteiger partial charge in [0.25, 0.3) is 5.91 Å². The number of carbonyl (C=O) groups is 1. The van der Waals surface area contributed by atoms with Gasteiger partial charge >= 0.3 is 0 Å². The molecule has 5 rings (SSSR count).